The van der Waals surface area contributed by atoms with Gasteiger partial charge in [-0.15, -0.1) is 0 Å². The fourth-order valence-corrected chi connectivity index (χ4v) is 2.09. The molecule has 2 N–H and O–H groups in total. The number of hydrogen-bond acceptors (Lipinski definition) is 3. The van der Waals surface area contributed by atoms with Gasteiger partial charge >= 0.3 is 0 Å². The molecule has 0 spiro atoms. The summed E-state index contributed by atoms with van der Waals surface area (Å²) in [6.07, 6.45) is 0.628. The molecule has 114 valence electrons. The lowest BCUT2D eigenvalue weighted by molar-refractivity contribution is 0.0551. The molecule has 0 saturated heterocycles. The monoisotopic (exact) mass is 279 g/mol. The molecule has 1 rings (SSSR count). The van der Waals surface area contributed by atoms with Crippen molar-refractivity contribution >= 4 is 0 Å². The van der Waals surface area contributed by atoms with Gasteiger partial charge in [-0.2, -0.15) is 0 Å². The number of benzene rings is 1. The Morgan fingerprint density at radius 2 is 1.75 bits per heavy atom. The third kappa shape index (κ3) is 5.93. The second-order valence-electron chi connectivity index (χ2n) is 6.51. The van der Waals surface area contributed by atoms with Gasteiger partial charge in [-0.3, -0.25) is 0 Å². The average molecular weight is 279 g/mol. The molecule has 1 aromatic rings. The van der Waals surface area contributed by atoms with E-state index in [2.05, 4.69) is 45.1 Å². The molecular weight excluding hydrogens is 250 g/mol. The maximum Gasteiger partial charge on any atom is 0.125 e. The van der Waals surface area contributed by atoms with Crippen LogP contribution in [0.2, 0.25) is 0 Å². The van der Waals surface area contributed by atoms with Gasteiger partial charge in [-0.1, -0.05) is 26.0 Å². The van der Waals surface area contributed by atoms with Crippen LogP contribution in [-0.2, 0) is 6.54 Å². The minimum atomic E-state index is -0.678. The van der Waals surface area contributed by atoms with Gasteiger partial charge in [0.25, 0.3) is 0 Å². The summed E-state index contributed by atoms with van der Waals surface area (Å²) in [5, 5.41) is 13.1. The van der Waals surface area contributed by atoms with Crippen molar-refractivity contribution in [2.75, 3.05) is 6.61 Å². The molecule has 0 heterocycles. The first kappa shape index (κ1) is 17.0. The van der Waals surface area contributed by atoms with Crippen molar-refractivity contribution in [1.29, 1.82) is 0 Å². The van der Waals surface area contributed by atoms with Crippen LogP contribution >= 0.6 is 0 Å². The molecule has 20 heavy (non-hydrogen) atoms. The summed E-state index contributed by atoms with van der Waals surface area (Å²) in [5.41, 5.74) is 2.91. The summed E-state index contributed by atoms with van der Waals surface area (Å²) >= 11 is 0. The van der Waals surface area contributed by atoms with E-state index in [0.29, 0.717) is 19.1 Å². The highest BCUT2D eigenvalue weighted by Crippen LogP contribution is 2.25. The van der Waals surface area contributed by atoms with Crippen molar-refractivity contribution in [3.05, 3.63) is 28.8 Å². The summed E-state index contributed by atoms with van der Waals surface area (Å²) in [5.74, 6) is 0.947. The van der Waals surface area contributed by atoms with Crippen molar-refractivity contribution in [2.24, 2.45) is 0 Å². The van der Waals surface area contributed by atoms with Crippen molar-refractivity contribution in [3.8, 4) is 5.75 Å². The van der Waals surface area contributed by atoms with Crippen LogP contribution in [0.4, 0.5) is 0 Å². The Bertz CT molecular complexity index is 410. The van der Waals surface area contributed by atoms with Gasteiger partial charge < -0.3 is 15.2 Å². The zero-order chi connectivity index (χ0) is 15.3. The summed E-state index contributed by atoms with van der Waals surface area (Å²) < 4.78 is 5.84. The predicted octanol–water partition coefficient (Wildman–Crippen LogP) is 3.34. The second kappa shape index (κ2) is 7.09. The van der Waals surface area contributed by atoms with E-state index in [1.165, 1.54) is 5.56 Å². The van der Waals surface area contributed by atoms with E-state index < -0.39 is 5.60 Å². The van der Waals surface area contributed by atoms with E-state index in [1.807, 2.05) is 0 Å². The zero-order valence-corrected chi connectivity index (χ0v) is 13.7. The lowest BCUT2D eigenvalue weighted by Gasteiger charge is -2.19. The topological polar surface area (TPSA) is 41.5 Å². The maximum atomic E-state index is 9.71. The van der Waals surface area contributed by atoms with E-state index >= 15 is 0 Å². The minimum absolute atomic E-state index is 0.485. The van der Waals surface area contributed by atoms with Crippen molar-refractivity contribution in [3.63, 3.8) is 0 Å². The van der Waals surface area contributed by atoms with Gasteiger partial charge in [0, 0.05) is 19.0 Å². The van der Waals surface area contributed by atoms with Crippen LogP contribution in [0.1, 0.15) is 50.8 Å². The minimum Gasteiger partial charge on any atom is -0.493 e. The lowest BCUT2D eigenvalue weighted by Crippen LogP contribution is -2.22. The smallest absolute Gasteiger partial charge is 0.125 e. The summed E-state index contributed by atoms with van der Waals surface area (Å²) in [6.45, 7) is 13.5. The third-order valence-electron chi connectivity index (χ3n) is 3.19. The van der Waals surface area contributed by atoms with Gasteiger partial charge in [-0.05, 0) is 44.4 Å². The summed E-state index contributed by atoms with van der Waals surface area (Å²) in [4.78, 5) is 0. The van der Waals surface area contributed by atoms with Crippen LogP contribution in [0, 0.1) is 13.8 Å². The highest BCUT2D eigenvalue weighted by Gasteiger charge is 2.13. The van der Waals surface area contributed by atoms with Gasteiger partial charge in [-0.25, -0.2) is 0 Å². The Kier molecular flexibility index (Phi) is 6.03. The molecule has 0 atom stereocenters. The number of rotatable bonds is 7. The molecule has 3 heteroatoms. The molecule has 0 aromatic heterocycles. The Hall–Kier alpha value is -1.06. The molecule has 3 nitrogen and oxygen atoms in total. The Morgan fingerprint density at radius 3 is 2.20 bits per heavy atom. The normalized spacial score (nSPS) is 12.0. The first-order chi connectivity index (χ1) is 9.19. The molecule has 0 fully saturated rings. The largest absolute Gasteiger partial charge is 0.493 e. The Labute approximate surface area is 123 Å². The molecule has 0 aliphatic rings. The number of aryl methyl sites for hydroxylation is 2. The zero-order valence-electron chi connectivity index (χ0n) is 13.7. The van der Waals surface area contributed by atoms with Gasteiger partial charge in [0.2, 0.25) is 0 Å². The van der Waals surface area contributed by atoms with E-state index in [-0.39, 0.29) is 0 Å². The number of ether oxygens (including phenoxy) is 1. The molecule has 1 aromatic carbocycles. The van der Waals surface area contributed by atoms with Crippen molar-refractivity contribution < 1.29 is 9.84 Å². The second-order valence-corrected chi connectivity index (χ2v) is 6.51. The number of hydrogen-bond donors (Lipinski definition) is 2. The van der Waals surface area contributed by atoms with Crippen LogP contribution in [0.5, 0.6) is 5.75 Å². The van der Waals surface area contributed by atoms with E-state index in [0.717, 1.165) is 23.4 Å². The number of aliphatic hydroxyl groups is 1. The third-order valence-corrected chi connectivity index (χ3v) is 3.19. The fraction of sp³-hybridized carbons (Fsp3) is 0.647. The molecular formula is C17H29NO2. The first-order valence-corrected chi connectivity index (χ1v) is 7.38. The van der Waals surface area contributed by atoms with Crippen LogP contribution in [0.3, 0.4) is 0 Å². The molecule has 0 saturated carbocycles. The molecule has 0 unspecified atom stereocenters. The summed E-state index contributed by atoms with van der Waals surface area (Å²) in [7, 11) is 0. The fourth-order valence-electron chi connectivity index (χ4n) is 2.09. The first-order valence-electron chi connectivity index (χ1n) is 7.38. The van der Waals surface area contributed by atoms with Crippen LogP contribution in [-0.4, -0.2) is 23.4 Å². The molecule has 0 amide bonds. The van der Waals surface area contributed by atoms with Crippen LogP contribution in [0.15, 0.2) is 12.1 Å². The Balaban J connectivity index is 2.69. The van der Waals surface area contributed by atoms with E-state index in [4.69, 9.17) is 4.74 Å². The molecule has 0 aliphatic carbocycles. The lowest BCUT2D eigenvalue weighted by atomic mass is 10.0. The van der Waals surface area contributed by atoms with Gasteiger partial charge in [0.05, 0.1) is 12.2 Å². The predicted molar refractivity (Wildman–Crippen MR) is 84.3 cm³/mol. The quantitative estimate of drug-likeness (QED) is 0.804. The molecule has 0 aliphatic heterocycles. The number of nitrogens with one attached hydrogen (secondary N) is 1. The highest BCUT2D eigenvalue weighted by atomic mass is 16.5. The Morgan fingerprint density at radius 1 is 1.20 bits per heavy atom. The molecule has 0 radical (unpaired) electrons. The SMILES string of the molecule is Cc1cc(CNC(C)C)cc(C)c1OCCC(C)(C)O. The van der Waals surface area contributed by atoms with Crippen molar-refractivity contribution in [2.45, 2.75) is 66.2 Å². The van der Waals surface area contributed by atoms with E-state index in [1.54, 1.807) is 13.8 Å². The highest BCUT2D eigenvalue weighted by molar-refractivity contribution is 5.43. The maximum absolute atomic E-state index is 9.71. The standard InChI is InChI=1S/C17H29NO2/c1-12(2)18-11-15-9-13(3)16(14(4)10-15)20-8-7-17(5,6)19/h9-10,12,18-19H,7-8,11H2,1-6H3. The summed E-state index contributed by atoms with van der Waals surface area (Å²) in [6, 6.07) is 4.82. The van der Waals surface area contributed by atoms with E-state index in [9.17, 15) is 5.11 Å². The van der Waals surface area contributed by atoms with Crippen molar-refractivity contribution in [1.82, 2.24) is 5.32 Å². The molecule has 0 bridgehead atoms. The van der Waals surface area contributed by atoms with Crippen LogP contribution in [0.25, 0.3) is 0 Å². The average Bonchev–Trinajstić information content (AvgIpc) is 2.28. The van der Waals surface area contributed by atoms with Gasteiger partial charge in [0.1, 0.15) is 5.75 Å². The van der Waals surface area contributed by atoms with Gasteiger partial charge in [0.15, 0.2) is 0 Å². The van der Waals surface area contributed by atoms with Crippen LogP contribution < -0.4 is 10.1 Å².